The van der Waals surface area contributed by atoms with E-state index in [1.807, 2.05) is 0 Å². The van der Waals surface area contributed by atoms with Crippen LogP contribution in [0.25, 0.3) is 0 Å². The molecule has 0 aromatic carbocycles. The predicted octanol–water partition coefficient (Wildman–Crippen LogP) is 1.87. The highest BCUT2D eigenvalue weighted by Crippen LogP contribution is 2.15. The van der Waals surface area contributed by atoms with Crippen LogP contribution in [-0.4, -0.2) is 61.5 Å². The van der Waals surface area contributed by atoms with Crippen molar-refractivity contribution in [2.45, 2.75) is 64.6 Å². The van der Waals surface area contributed by atoms with Crippen LogP contribution < -0.4 is 5.32 Å². The van der Waals surface area contributed by atoms with E-state index >= 15 is 0 Å². The minimum atomic E-state index is -0.385. The molecular formula is C16H34N2O2. The molecule has 120 valence electrons. The van der Waals surface area contributed by atoms with E-state index in [9.17, 15) is 5.11 Å². The van der Waals surface area contributed by atoms with Gasteiger partial charge in [0.15, 0.2) is 0 Å². The third-order valence-corrected chi connectivity index (χ3v) is 4.23. The quantitative estimate of drug-likeness (QED) is 0.635. The Morgan fingerprint density at radius 3 is 2.80 bits per heavy atom. The SMILES string of the molecule is CC(C)CCCOCC(O)CNC1CCN(C)C(C)C1. The Balaban J connectivity index is 2.01. The van der Waals surface area contributed by atoms with Crippen LogP contribution in [0.1, 0.15) is 46.5 Å². The molecule has 4 heteroatoms. The molecule has 0 bridgehead atoms. The van der Waals surface area contributed by atoms with Crippen LogP contribution >= 0.6 is 0 Å². The molecule has 2 N–H and O–H groups in total. The van der Waals surface area contributed by atoms with Crippen LogP contribution in [0.15, 0.2) is 0 Å². The average Bonchev–Trinajstić information content (AvgIpc) is 2.39. The fourth-order valence-electron chi connectivity index (χ4n) is 2.65. The van der Waals surface area contributed by atoms with Crippen molar-refractivity contribution in [3.05, 3.63) is 0 Å². The predicted molar refractivity (Wildman–Crippen MR) is 84.0 cm³/mol. The van der Waals surface area contributed by atoms with Crippen molar-refractivity contribution in [1.82, 2.24) is 10.2 Å². The summed E-state index contributed by atoms with van der Waals surface area (Å²) < 4.78 is 5.53. The molecule has 0 spiro atoms. The van der Waals surface area contributed by atoms with Crippen molar-refractivity contribution in [3.63, 3.8) is 0 Å². The Labute approximate surface area is 124 Å². The van der Waals surface area contributed by atoms with E-state index in [4.69, 9.17) is 4.74 Å². The third kappa shape index (κ3) is 7.58. The van der Waals surface area contributed by atoms with E-state index < -0.39 is 0 Å². The van der Waals surface area contributed by atoms with Crippen molar-refractivity contribution in [2.75, 3.05) is 33.4 Å². The number of aliphatic hydroxyl groups excluding tert-OH is 1. The normalized spacial score (nSPS) is 26.1. The summed E-state index contributed by atoms with van der Waals surface area (Å²) in [4.78, 5) is 2.40. The second-order valence-electron chi connectivity index (χ2n) is 6.72. The van der Waals surface area contributed by atoms with Gasteiger partial charge in [-0.15, -0.1) is 0 Å². The maximum atomic E-state index is 9.91. The van der Waals surface area contributed by atoms with Crippen molar-refractivity contribution >= 4 is 0 Å². The number of nitrogens with zero attached hydrogens (tertiary/aromatic N) is 1. The van der Waals surface area contributed by atoms with Crippen LogP contribution in [0.2, 0.25) is 0 Å². The van der Waals surface area contributed by atoms with Gasteiger partial charge in [0.1, 0.15) is 0 Å². The van der Waals surface area contributed by atoms with Gasteiger partial charge in [0, 0.05) is 25.2 Å². The molecule has 1 heterocycles. The van der Waals surface area contributed by atoms with Gasteiger partial charge in [0.05, 0.1) is 12.7 Å². The lowest BCUT2D eigenvalue weighted by Crippen LogP contribution is -2.47. The summed E-state index contributed by atoms with van der Waals surface area (Å²) in [6.07, 6.45) is 4.23. The number of ether oxygens (including phenoxy) is 1. The smallest absolute Gasteiger partial charge is 0.0897 e. The summed E-state index contributed by atoms with van der Waals surface area (Å²) in [6.45, 7) is 9.71. The van der Waals surface area contributed by atoms with Crippen molar-refractivity contribution in [3.8, 4) is 0 Å². The van der Waals surface area contributed by atoms with Crippen LogP contribution in [0.3, 0.4) is 0 Å². The summed E-state index contributed by atoms with van der Waals surface area (Å²) in [6, 6.07) is 1.17. The first-order chi connectivity index (χ1) is 9.49. The molecule has 0 saturated carbocycles. The Bertz CT molecular complexity index is 249. The molecule has 20 heavy (non-hydrogen) atoms. The number of piperidine rings is 1. The highest BCUT2D eigenvalue weighted by Gasteiger charge is 2.22. The number of rotatable bonds is 9. The largest absolute Gasteiger partial charge is 0.389 e. The van der Waals surface area contributed by atoms with E-state index in [1.54, 1.807) is 0 Å². The van der Waals surface area contributed by atoms with Crippen LogP contribution in [0, 0.1) is 5.92 Å². The summed E-state index contributed by atoms with van der Waals surface area (Å²) in [5.74, 6) is 0.733. The van der Waals surface area contributed by atoms with Gasteiger partial charge in [-0.2, -0.15) is 0 Å². The molecule has 0 amide bonds. The minimum Gasteiger partial charge on any atom is -0.389 e. The Morgan fingerprint density at radius 1 is 1.40 bits per heavy atom. The van der Waals surface area contributed by atoms with Crippen molar-refractivity contribution in [2.24, 2.45) is 5.92 Å². The van der Waals surface area contributed by atoms with Gasteiger partial charge in [-0.25, -0.2) is 0 Å². The monoisotopic (exact) mass is 286 g/mol. The lowest BCUT2D eigenvalue weighted by atomic mass is 9.99. The van der Waals surface area contributed by atoms with Crippen LogP contribution in [0.5, 0.6) is 0 Å². The standard InChI is InChI=1S/C16H34N2O2/c1-13(2)6-5-9-20-12-16(19)11-17-15-7-8-18(4)14(3)10-15/h13-17,19H,5-12H2,1-4H3. The highest BCUT2D eigenvalue weighted by molar-refractivity contribution is 4.81. The number of nitrogens with one attached hydrogen (secondary N) is 1. The molecule has 1 saturated heterocycles. The summed E-state index contributed by atoms with van der Waals surface area (Å²) in [7, 11) is 2.18. The van der Waals surface area contributed by atoms with Gasteiger partial charge < -0.3 is 20.1 Å². The first kappa shape index (κ1) is 17.9. The van der Waals surface area contributed by atoms with Gasteiger partial charge in [0.2, 0.25) is 0 Å². The number of likely N-dealkylation sites (tertiary alicyclic amines) is 1. The molecule has 0 aromatic heterocycles. The maximum absolute atomic E-state index is 9.91. The third-order valence-electron chi connectivity index (χ3n) is 4.23. The lowest BCUT2D eigenvalue weighted by molar-refractivity contribution is 0.0315. The van der Waals surface area contributed by atoms with Crippen molar-refractivity contribution < 1.29 is 9.84 Å². The molecular weight excluding hydrogens is 252 g/mol. The summed E-state index contributed by atoms with van der Waals surface area (Å²) in [5, 5.41) is 13.4. The molecule has 0 aromatic rings. The van der Waals surface area contributed by atoms with Gasteiger partial charge in [-0.1, -0.05) is 13.8 Å². The number of hydrogen-bond donors (Lipinski definition) is 2. The molecule has 0 radical (unpaired) electrons. The Kier molecular flexibility index (Phi) is 8.69. The fraction of sp³-hybridized carbons (Fsp3) is 1.00. The summed E-state index contributed by atoms with van der Waals surface area (Å²) >= 11 is 0. The fourth-order valence-corrected chi connectivity index (χ4v) is 2.65. The van der Waals surface area contributed by atoms with Crippen LogP contribution in [-0.2, 0) is 4.74 Å². The second-order valence-corrected chi connectivity index (χ2v) is 6.72. The van der Waals surface area contributed by atoms with E-state index in [-0.39, 0.29) is 6.10 Å². The first-order valence-corrected chi connectivity index (χ1v) is 8.18. The molecule has 3 unspecified atom stereocenters. The molecule has 3 atom stereocenters. The zero-order valence-corrected chi connectivity index (χ0v) is 13.8. The van der Waals surface area contributed by atoms with Gasteiger partial charge in [-0.05, 0) is 52.1 Å². The lowest BCUT2D eigenvalue weighted by Gasteiger charge is -2.35. The van der Waals surface area contributed by atoms with E-state index in [0.29, 0.717) is 25.2 Å². The minimum absolute atomic E-state index is 0.385. The number of aliphatic hydroxyl groups is 1. The van der Waals surface area contributed by atoms with E-state index in [0.717, 1.165) is 25.5 Å². The maximum Gasteiger partial charge on any atom is 0.0897 e. The summed E-state index contributed by atoms with van der Waals surface area (Å²) in [5.41, 5.74) is 0. The number of hydrogen-bond acceptors (Lipinski definition) is 4. The molecule has 1 rings (SSSR count). The molecule has 4 nitrogen and oxygen atoms in total. The Morgan fingerprint density at radius 2 is 2.15 bits per heavy atom. The first-order valence-electron chi connectivity index (χ1n) is 8.18. The molecule has 1 fully saturated rings. The molecule has 1 aliphatic heterocycles. The molecule has 1 aliphatic rings. The zero-order valence-electron chi connectivity index (χ0n) is 13.8. The topological polar surface area (TPSA) is 44.7 Å². The van der Waals surface area contributed by atoms with Gasteiger partial charge in [-0.3, -0.25) is 0 Å². The zero-order chi connectivity index (χ0) is 15.0. The van der Waals surface area contributed by atoms with E-state index in [2.05, 4.69) is 38.0 Å². The average molecular weight is 286 g/mol. The second kappa shape index (κ2) is 9.72. The van der Waals surface area contributed by atoms with Crippen LogP contribution in [0.4, 0.5) is 0 Å². The van der Waals surface area contributed by atoms with Gasteiger partial charge >= 0.3 is 0 Å². The molecule has 0 aliphatic carbocycles. The highest BCUT2D eigenvalue weighted by atomic mass is 16.5. The van der Waals surface area contributed by atoms with E-state index in [1.165, 1.54) is 19.3 Å². The van der Waals surface area contributed by atoms with Crippen molar-refractivity contribution in [1.29, 1.82) is 0 Å². The Hall–Kier alpha value is -0.160. The van der Waals surface area contributed by atoms with Gasteiger partial charge in [0.25, 0.3) is 0 Å².